The normalized spacial score (nSPS) is 22.3. The van der Waals surface area contributed by atoms with Gasteiger partial charge >= 0.3 is 0 Å². The predicted octanol–water partition coefficient (Wildman–Crippen LogP) is 3.85. The van der Waals surface area contributed by atoms with Crippen molar-refractivity contribution in [2.24, 2.45) is 11.8 Å². The highest BCUT2D eigenvalue weighted by atomic mass is 16.5. The minimum Gasteiger partial charge on any atom is -0.497 e. The number of aryl methyl sites for hydroxylation is 1. The summed E-state index contributed by atoms with van der Waals surface area (Å²) in [6, 6.07) is 5.67. The van der Waals surface area contributed by atoms with Gasteiger partial charge in [-0.1, -0.05) is 13.8 Å². The number of hydrogen-bond donors (Lipinski definition) is 1. The molecule has 3 atom stereocenters. The van der Waals surface area contributed by atoms with E-state index >= 15 is 0 Å². The molecule has 0 aliphatic carbocycles. The van der Waals surface area contributed by atoms with Crippen LogP contribution in [0, 0.1) is 18.8 Å². The average Bonchev–Trinajstić information content (AvgIpc) is 2.90. The molecule has 1 aliphatic rings. The van der Waals surface area contributed by atoms with E-state index in [1.54, 1.807) is 7.11 Å². The molecule has 1 amide bonds. The van der Waals surface area contributed by atoms with Gasteiger partial charge < -0.3 is 19.4 Å². The summed E-state index contributed by atoms with van der Waals surface area (Å²) in [7, 11) is 1.63. The Balaban J connectivity index is 1.67. The minimum absolute atomic E-state index is 0.0714. The average molecular weight is 358 g/mol. The Hall–Kier alpha value is -2.01. The van der Waals surface area contributed by atoms with Gasteiger partial charge in [0.2, 0.25) is 0 Å². The Morgan fingerprint density at radius 1 is 1.35 bits per heavy atom. The number of piperidine rings is 1. The van der Waals surface area contributed by atoms with Gasteiger partial charge in [0.05, 0.1) is 7.11 Å². The predicted molar refractivity (Wildman–Crippen MR) is 104 cm³/mol. The van der Waals surface area contributed by atoms with E-state index in [-0.39, 0.29) is 11.9 Å². The van der Waals surface area contributed by atoms with Crippen LogP contribution in [0.5, 0.6) is 5.75 Å². The molecule has 1 aromatic heterocycles. The highest BCUT2D eigenvalue weighted by Crippen LogP contribution is 2.29. The van der Waals surface area contributed by atoms with Crippen molar-refractivity contribution in [2.45, 2.75) is 40.2 Å². The number of ether oxygens (including phenoxy) is 1. The van der Waals surface area contributed by atoms with Gasteiger partial charge in [0.15, 0.2) is 5.76 Å². The molecule has 0 saturated carbocycles. The monoisotopic (exact) mass is 358 g/mol. The number of likely N-dealkylation sites (tertiary alicyclic amines) is 1. The number of methoxy groups -OCH3 is 1. The molecular weight excluding hydrogens is 328 g/mol. The number of hydrogen-bond acceptors (Lipinski definition) is 4. The lowest BCUT2D eigenvalue weighted by Crippen LogP contribution is -2.47. The third kappa shape index (κ3) is 4.04. The smallest absolute Gasteiger partial charge is 0.287 e. The SMILES string of the molecule is COc1ccc2oc(C(=O)NC(C)CN3CC(C)CC(C)C3)c(C)c2c1. The van der Waals surface area contributed by atoms with Crippen LogP contribution < -0.4 is 10.1 Å². The number of nitrogens with one attached hydrogen (secondary N) is 1. The van der Waals surface area contributed by atoms with E-state index in [0.717, 1.165) is 36.3 Å². The number of benzene rings is 1. The Morgan fingerprint density at radius 2 is 2.04 bits per heavy atom. The molecule has 2 heterocycles. The van der Waals surface area contributed by atoms with Crippen molar-refractivity contribution in [2.75, 3.05) is 26.7 Å². The molecule has 0 spiro atoms. The van der Waals surface area contributed by atoms with Crippen molar-refractivity contribution < 1.29 is 13.9 Å². The van der Waals surface area contributed by atoms with Gasteiger partial charge in [-0.05, 0) is 50.3 Å². The summed E-state index contributed by atoms with van der Waals surface area (Å²) < 4.78 is 11.1. The van der Waals surface area contributed by atoms with E-state index < -0.39 is 0 Å². The van der Waals surface area contributed by atoms with Crippen LogP contribution in [-0.2, 0) is 0 Å². The van der Waals surface area contributed by atoms with Gasteiger partial charge in [-0.2, -0.15) is 0 Å². The van der Waals surface area contributed by atoms with Gasteiger partial charge in [0, 0.05) is 36.6 Å². The lowest BCUT2D eigenvalue weighted by molar-refractivity contribution is 0.0879. The topological polar surface area (TPSA) is 54.7 Å². The first-order valence-corrected chi connectivity index (χ1v) is 9.47. The van der Waals surface area contributed by atoms with E-state index in [2.05, 4.69) is 31.0 Å². The van der Waals surface area contributed by atoms with Crippen molar-refractivity contribution in [1.29, 1.82) is 0 Å². The van der Waals surface area contributed by atoms with Crippen molar-refractivity contribution >= 4 is 16.9 Å². The lowest BCUT2D eigenvalue weighted by Gasteiger charge is -2.36. The number of furan rings is 1. The summed E-state index contributed by atoms with van der Waals surface area (Å²) in [4.78, 5) is 15.2. The van der Waals surface area contributed by atoms with E-state index in [1.807, 2.05) is 25.1 Å². The number of nitrogens with zero attached hydrogens (tertiary/aromatic N) is 1. The molecule has 2 aromatic rings. The molecule has 1 N–H and O–H groups in total. The zero-order chi connectivity index (χ0) is 18.8. The first-order valence-electron chi connectivity index (χ1n) is 9.47. The second-order valence-corrected chi connectivity index (χ2v) is 7.96. The van der Waals surface area contributed by atoms with Gasteiger partial charge in [-0.3, -0.25) is 4.79 Å². The largest absolute Gasteiger partial charge is 0.497 e. The van der Waals surface area contributed by atoms with Crippen LogP contribution in [0.4, 0.5) is 0 Å². The van der Waals surface area contributed by atoms with Crippen LogP contribution in [0.1, 0.15) is 43.3 Å². The number of amides is 1. The molecule has 1 aromatic carbocycles. The second-order valence-electron chi connectivity index (χ2n) is 7.96. The fourth-order valence-electron chi connectivity index (χ4n) is 4.21. The molecule has 0 radical (unpaired) electrons. The molecule has 0 bridgehead atoms. The van der Waals surface area contributed by atoms with Crippen LogP contribution in [-0.4, -0.2) is 43.6 Å². The zero-order valence-electron chi connectivity index (χ0n) is 16.5. The number of rotatable bonds is 5. The third-order valence-corrected chi connectivity index (χ3v) is 5.20. The summed E-state index contributed by atoms with van der Waals surface area (Å²) >= 11 is 0. The molecule has 5 heteroatoms. The van der Waals surface area contributed by atoms with Gasteiger partial charge in [0.25, 0.3) is 5.91 Å². The maximum absolute atomic E-state index is 12.7. The van der Waals surface area contributed by atoms with Crippen molar-refractivity contribution in [1.82, 2.24) is 10.2 Å². The summed E-state index contributed by atoms with van der Waals surface area (Å²) in [5, 5.41) is 4.02. The van der Waals surface area contributed by atoms with Gasteiger partial charge in [-0.25, -0.2) is 0 Å². The lowest BCUT2D eigenvalue weighted by atomic mass is 9.92. The van der Waals surface area contributed by atoms with E-state index in [0.29, 0.717) is 23.2 Å². The third-order valence-electron chi connectivity index (χ3n) is 5.20. The Labute approximate surface area is 155 Å². The highest BCUT2D eigenvalue weighted by Gasteiger charge is 2.24. The number of carbonyl (C=O) groups is 1. The highest BCUT2D eigenvalue weighted by molar-refractivity contribution is 5.99. The van der Waals surface area contributed by atoms with Gasteiger partial charge in [0.1, 0.15) is 11.3 Å². The fraction of sp³-hybridized carbons (Fsp3) is 0.571. The zero-order valence-corrected chi connectivity index (χ0v) is 16.5. The minimum atomic E-state index is -0.150. The molecule has 26 heavy (non-hydrogen) atoms. The van der Waals surface area contributed by atoms with Crippen LogP contribution in [0.15, 0.2) is 22.6 Å². The van der Waals surface area contributed by atoms with Crippen molar-refractivity contribution in [3.05, 3.63) is 29.5 Å². The first-order chi connectivity index (χ1) is 12.4. The number of carbonyl (C=O) groups excluding carboxylic acids is 1. The Bertz CT molecular complexity index is 773. The van der Waals surface area contributed by atoms with E-state index in [4.69, 9.17) is 9.15 Å². The van der Waals surface area contributed by atoms with Crippen LogP contribution >= 0.6 is 0 Å². The van der Waals surface area contributed by atoms with Crippen LogP contribution in [0.2, 0.25) is 0 Å². The molecule has 5 nitrogen and oxygen atoms in total. The summed E-state index contributed by atoms with van der Waals surface area (Å²) in [5.74, 6) is 2.43. The molecule has 1 aliphatic heterocycles. The fourth-order valence-corrected chi connectivity index (χ4v) is 4.21. The molecular formula is C21H30N2O3. The Kier molecular flexibility index (Phi) is 5.56. The summed E-state index contributed by atoms with van der Waals surface area (Å²) in [6.45, 7) is 11.7. The van der Waals surface area contributed by atoms with Gasteiger partial charge in [-0.15, -0.1) is 0 Å². The van der Waals surface area contributed by atoms with Crippen molar-refractivity contribution in [3.8, 4) is 5.75 Å². The first kappa shape index (κ1) is 18.8. The summed E-state index contributed by atoms with van der Waals surface area (Å²) in [6.07, 6.45) is 1.29. The molecule has 1 fully saturated rings. The molecule has 1 saturated heterocycles. The molecule has 142 valence electrons. The quantitative estimate of drug-likeness (QED) is 0.882. The second kappa shape index (κ2) is 7.70. The van der Waals surface area contributed by atoms with Crippen molar-refractivity contribution in [3.63, 3.8) is 0 Å². The molecule has 3 rings (SSSR count). The van der Waals surface area contributed by atoms with E-state index in [1.165, 1.54) is 6.42 Å². The Morgan fingerprint density at radius 3 is 2.69 bits per heavy atom. The number of fused-ring (bicyclic) bond motifs is 1. The maximum atomic E-state index is 12.7. The standard InChI is InChI=1S/C21H30N2O3/c1-13-8-14(2)11-23(10-13)12-15(3)22-21(24)20-16(4)18-9-17(25-5)6-7-19(18)26-20/h6-7,9,13-15H,8,10-12H2,1-5H3,(H,22,24). The van der Waals surface area contributed by atoms with Crippen LogP contribution in [0.3, 0.4) is 0 Å². The summed E-state index contributed by atoms with van der Waals surface area (Å²) in [5.41, 5.74) is 1.56. The maximum Gasteiger partial charge on any atom is 0.287 e. The molecule has 3 unspecified atom stereocenters. The van der Waals surface area contributed by atoms with E-state index in [9.17, 15) is 4.79 Å². The van der Waals surface area contributed by atoms with Crippen LogP contribution in [0.25, 0.3) is 11.0 Å².